The van der Waals surface area contributed by atoms with Gasteiger partial charge in [0.15, 0.2) is 0 Å². The summed E-state index contributed by atoms with van der Waals surface area (Å²) in [7, 11) is 0. The van der Waals surface area contributed by atoms with Crippen LogP contribution in [-0.4, -0.2) is 47.5 Å². The van der Waals surface area contributed by atoms with Crippen molar-refractivity contribution in [1.29, 1.82) is 0 Å². The number of carbonyl (C=O) groups is 1. The monoisotopic (exact) mass is 362 g/mol. The maximum Gasteiger partial charge on any atom is 0.248 e. The number of nitrogens with two attached hydrogens (primary N) is 1. The van der Waals surface area contributed by atoms with Crippen molar-refractivity contribution >= 4 is 11.7 Å². The average molecular weight is 362 g/mol. The van der Waals surface area contributed by atoms with Crippen molar-refractivity contribution in [2.45, 2.75) is 37.8 Å². The molecule has 0 radical (unpaired) electrons. The molecule has 5 heteroatoms. The smallest absolute Gasteiger partial charge is 0.248 e. The van der Waals surface area contributed by atoms with Crippen molar-refractivity contribution in [3.05, 3.63) is 59.3 Å². The second-order valence-electron chi connectivity index (χ2n) is 8.29. The zero-order valence-electron chi connectivity index (χ0n) is 15.7. The van der Waals surface area contributed by atoms with E-state index in [1.165, 1.54) is 37.1 Å². The van der Waals surface area contributed by atoms with E-state index in [4.69, 9.17) is 5.73 Å². The van der Waals surface area contributed by atoms with Crippen LogP contribution in [0.25, 0.3) is 0 Å². The molecule has 0 saturated carbocycles. The van der Waals surface area contributed by atoms with E-state index >= 15 is 0 Å². The minimum absolute atomic E-state index is 0.390. The first-order chi connectivity index (χ1) is 13.1. The number of aromatic nitrogens is 1. The SMILES string of the molecule is Cc1ccc([C@@H]2CN(c3cc(C(N)=O)ccn3)[C@H]3C4CCN(CC4)[C@@H]23)cc1. The lowest BCUT2D eigenvalue weighted by Gasteiger charge is -2.51. The topological polar surface area (TPSA) is 62.5 Å². The molecule has 140 valence electrons. The van der Waals surface area contributed by atoms with E-state index in [2.05, 4.69) is 46.0 Å². The summed E-state index contributed by atoms with van der Waals surface area (Å²) in [5.41, 5.74) is 8.76. The number of carbonyl (C=O) groups excluding carboxylic acids is 1. The molecule has 5 heterocycles. The number of primary amides is 1. The molecule has 4 aliphatic heterocycles. The quantitative estimate of drug-likeness (QED) is 0.911. The Bertz CT molecular complexity index is 857. The minimum Gasteiger partial charge on any atom is -0.366 e. The highest BCUT2D eigenvalue weighted by Gasteiger charge is 2.53. The predicted octanol–water partition coefficient (Wildman–Crippen LogP) is 2.56. The molecule has 2 N–H and O–H groups in total. The van der Waals surface area contributed by atoms with Gasteiger partial charge in [0, 0.05) is 36.3 Å². The summed E-state index contributed by atoms with van der Waals surface area (Å²) in [6.07, 6.45) is 4.23. The molecule has 1 amide bonds. The van der Waals surface area contributed by atoms with E-state index in [1.807, 2.05) is 6.07 Å². The number of fused-ring (bicyclic) bond motifs is 2. The number of nitrogens with zero attached hydrogens (tertiary/aromatic N) is 3. The van der Waals surface area contributed by atoms with E-state index in [0.717, 1.165) is 12.4 Å². The van der Waals surface area contributed by atoms with Gasteiger partial charge in [0.1, 0.15) is 5.82 Å². The maximum atomic E-state index is 11.7. The Balaban J connectivity index is 1.55. The number of piperidine rings is 3. The predicted molar refractivity (Wildman–Crippen MR) is 106 cm³/mol. The Kier molecular flexibility index (Phi) is 3.93. The number of benzene rings is 1. The van der Waals surface area contributed by atoms with Gasteiger partial charge in [-0.3, -0.25) is 9.69 Å². The molecular weight excluding hydrogens is 336 g/mol. The third-order valence-corrected chi connectivity index (χ3v) is 6.82. The molecule has 1 aromatic carbocycles. The zero-order chi connectivity index (χ0) is 18.5. The third-order valence-electron chi connectivity index (χ3n) is 6.82. The first-order valence-corrected chi connectivity index (χ1v) is 9.95. The third kappa shape index (κ3) is 2.72. The molecule has 1 aromatic heterocycles. The molecule has 4 fully saturated rings. The van der Waals surface area contributed by atoms with Gasteiger partial charge in [0.25, 0.3) is 0 Å². The first kappa shape index (κ1) is 16.8. The number of pyridine rings is 1. The molecule has 2 bridgehead atoms. The highest BCUT2D eigenvalue weighted by molar-refractivity contribution is 5.93. The van der Waals surface area contributed by atoms with Crippen LogP contribution in [0.5, 0.6) is 0 Å². The van der Waals surface area contributed by atoms with Crippen molar-refractivity contribution < 1.29 is 4.79 Å². The summed E-state index contributed by atoms with van der Waals surface area (Å²) < 4.78 is 0. The van der Waals surface area contributed by atoms with Crippen molar-refractivity contribution in [3.8, 4) is 0 Å². The van der Waals surface area contributed by atoms with Gasteiger partial charge in [-0.2, -0.15) is 0 Å². The molecule has 6 rings (SSSR count). The van der Waals surface area contributed by atoms with E-state index in [1.54, 1.807) is 12.3 Å². The fourth-order valence-electron chi connectivity index (χ4n) is 5.52. The lowest BCUT2D eigenvalue weighted by molar-refractivity contribution is 0.0354. The lowest BCUT2D eigenvalue weighted by Crippen LogP contribution is -2.60. The molecule has 4 aliphatic rings. The number of anilines is 1. The Morgan fingerprint density at radius 1 is 1.11 bits per heavy atom. The summed E-state index contributed by atoms with van der Waals surface area (Å²) in [6.45, 7) is 5.49. The van der Waals surface area contributed by atoms with Gasteiger partial charge in [0.2, 0.25) is 5.91 Å². The normalized spacial score (nSPS) is 31.7. The molecule has 0 unspecified atom stereocenters. The van der Waals surface area contributed by atoms with Crippen molar-refractivity contribution in [2.75, 3.05) is 24.5 Å². The van der Waals surface area contributed by atoms with Gasteiger partial charge in [-0.15, -0.1) is 0 Å². The van der Waals surface area contributed by atoms with Crippen molar-refractivity contribution in [3.63, 3.8) is 0 Å². The van der Waals surface area contributed by atoms with Gasteiger partial charge >= 0.3 is 0 Å². The summed E-state index contributed by atoms with van der Waals surface area (Å²) in [6, 6.07) is 13.6. The van der Waals surface area contributed by atoms with E-state index < -0.39 is 5.91 Å². The number of amides is 1. The van der Waals surface area contributed by atoms with Crippen LogP contribution in [0.3, 0.4) is 0 Å². The number of hydrogen-bond acceptors (Lipinski definition) is 4. The highest BCUT2D eigenvalue weighted by atomic mass is 16.1. The van der Waals surface area contributed by atoms with Crippen LogP contribution in [0.15, 0.2) is 42.6 Å². The summed E-state index contributed by atoms with van der Waals surface area (Å²) in [5, 5.41) is 0. The second-order valence-corrected chi connectivity index (χ2v) is 8.29. The van der Waals surface area contributed by atoms with Gasteiger partial charge in [-0.05, 0) is 56.5 Å². The van der Waals surface area contributed by atoms with Gasteiger partial charge in [-0.1, -0.05) is 29.8 Å². The fourth-order valence-corrected chi connectivity index (χ4v) is 5.52. The molecule has 2 aromatic rings. The molecule has 27 heavy (non-hydrogen) atoms. The van der Waals surface area contributed by atoms with Crippen LogP contribution >= 0.6 is 0 Å². The van der Waals surface area contributed by atoms with Crippen molar-refractivity contribution in [2.24, 2.45) is 11.7 Å². The molecule has 3 atom stereocenters. The molecular formula is C22H26N4O. The van der Waals surface area contributed by atoms with E-state index in [0.29, 0.717) is 29.5 Å². The standard InChI is InChI=1S/C22H26N4O/c1-14-2-4-15(5-3-14)18-13-26(19-12-17(22(23)27)6-9-24-19)20-16-7-10-25(11-8-16)21(18)20/h2-6,9,12,16,18,20-21H,7-8,10-11,13H2,1H3,(H2,23,27)/t18-,20-,21-/m0/s1. The largest absolute Gasteiger partial charge is 0.366 e. The van der Waals surface area contributed by atoms with Crippen molar-refractivity contribution in [1.82, 2.24) is 9.88 Å². The van der Waals surface area contributed by atoms with Crippen LogP contribution in [0.4, 0.5) is 5.82 Å². The Hall–Kier alpha value is -2.40. The Morgan fingerprint density at radius 2 is 1.85 bits per heavy atom. The fraction of sp³-hybridized carbons (Fsp3) is 0.455. The Labute approximate surface area is 160 Å². The lowest BCUT2D eigenvalue weighted by atomic mass is 9.75. The number of hydrogen-bond donors (Lipinski definition) is 1. The van der Waals surface area contributed by atoms with Gasteiger partial charge in [-0.25, -0.2) is 4.98 Å². The Morgan fingerprint density at radius 3 is 2.56 bits per heavy atom. The van der Waals surface area contributed by atoms with Crippen LogP contribution in [-0.2, 0) is 0 Å². The maximum absolute atomic E-state index is 11.7. The molecule has 5 nitrogen and oxygen atoms in total. The molecule has 4 saturated heterocycles. The molecule has 0 aliphatic carbocycles. The number of rotatable bonds is 3. The summed E-state index contributed by atoms with van der Waals surface area (Å²) >= 11 is 0. The zero-order valence-corrected chi connectivity index (χ0v) is 15.7. The van der Waals surface area contributed by atoms with E-state index in [-0.39, 0.29) is 0 Å². The number of aryl methyl sites for hydroxylation is 1. The van der Waals surface area contributed by atoms with Crippen LogP contribution in [0, 0.1) is 12.8 Å². The summed E-state index contributed by atoms with van der Waals surface area (Å²) in [5.74, 6) is 1.68. The van der Waals surface area contributed by atoms with Crippen LogP contribution in [0.1, 0.15) is 40.2 Å². The van der Waals surface area contributed by atoms with Crippen LogP contribution in [0.2, 0.25) is 0 Å². The van der Waals surface area contributed by atoms with E-state index in [9.17, 15) is 4.79 Å². The summed E-state index contributed by atoms with van der Waals surface area (Å²) in [4.78, 5) is 21.4. The van der Waals surface area contributed by atoms with Crippen LogP contribution < -0.4 is 10.6 Å². The van der Waals surface area contributed by atoms with Gasteiger partial charge < -0.3 is 10.6 Å². The first-order valence-electron chi connectivity index (χ1n) is 9.95. The average Bonchev–Trinajstić information content (AvgIpc) is 3.12. The molecule has 0 spiro atoms. The van der Waals surface area contributed by atoms with Gasteiger partial charge in [0.05, 0.1) is 0 Å². The minimum atomic E-state index is -0.390. The second kappa shape index (κ2) is 6.34. The highest BCUT2D eigenvalue weighted by Crippen LogP contribution is 2.47.